The van der Waals surface area contributed by atoms with Crippen molar-refractivity contribution in [1.29, 1.82) is 0 Å². The smallest absolute Gasteiger partial charge is 0.320 e. The summed E-state index contributed by atoms with van der Waals surface area (Å²) in [5, 5.41) is -0.277. The molecule has 1 aliphatic heterocycles. The van der Waals surface area contributed by atoms with Gasteiger partial charge in [-0.25, -0.2) is 0 Å². The van der Waals surface area contributed by atoms with Gasteiger partial charge in [0.2, 0.25) is 0 Å². The first kappa shape index (κ1) is 12.3. The van der Waals surface area contributed by atoms with Crippen LogP contribution in [0.3, 0.4) is 0 Å². The SMILES string of the molecule is C=CC[C@@H]1C(=O)S[C@H]1C(=O)OC(C)(C)C. The number of thioether (sulfide) groups is 1. The third-order valence-electron chi connectivity index (χ3n) is 1.97. The van der Waals surface area contributed by atoms with Crippen LogP contribution in [0.1, 0.15) is 27.2 Å². The van der Waals surface area contributed by atoms with Crippen LogP contribution in [0.5, 0.6) is 0 Å². The van der Waals surface area contributed by atoms with E-state index in [4.69, 9.17) is 4.74 Å². The minimum absolute atomic E-state index is 0.0609. The molecular weight excluding hydrogens is 212 g/mol. The Morgan fingerprint density at radius 2 is 2.20 bits per heavy atom. The largest absolute Gasteiger partial charge is 0.459 e. The zero-order valence-corrected chi connectivity index (χ0v) is 10.1. The summed E-state index contributed by atoms with van der Waals surface area (Å²) >= 11 is 1.06. The van der Waals surface area contributed by atoms with E-state index in [-0.39, 0.29) is 22.3 Å². The predicted octanol–water partition coefficient (Wildman–Crippen LogP) is 2.16. The molecule has 1 fully saturated rings. The molecule has 4 heteroatoms. The Bertz CT molecular complexity index is 291. The molecule has 2 atom stereocenters. The van der Waals surface area contributed by atoms with E-state index >= 15 is 0 Å². The van der Waals surface area contributed by atoms with Gasteiger partial charge in [0.05, 0.1) is 5.92 Å². The maximum absolute atomic E-state index is 11.6. The molecule has 1 aliphatic rings. The van der Waals surface area contributed by atoms with Gasteiger partial charge in [0, 0.05) is 0 Å². The quantitative estimate of drug-likeness (QED) is 0.548. The van der Waals surface area contributed by atoms with Gasteiger partial charge in [-0.2, -0.15) is 0 Å². The number of carbonyl (C=O) groups is 2. The Kier molecular flexibility index (Phi) is 3.60. The molecule has 0 aliphatic carbocycles. The molecule has 0 aromatic carbocycles. The van der Waals surface area contributed by atoms with Gasteiger partial charge in [-0.1, -0.05) is 17.8 Å². The average molecular weight is 228 g/mol. The lowest BCUT2D eigenvalue weighted by molar-refractivity contribution is -0.156. The van der Waals surface area contributed by atoms with Crippen LogP contribution in [0, 0.1) is 5.92 Å². The lowest BCUT2D eigenvalue weighted by Gasteiger charge is -2.33. The van der Waals surface area contributed by atoms with Crippen molar-refractivity contribution in [2.24, 2.45) is 5.92 Å². The van der Waals surface area contributed by atoms with Crippen molar-refractivity contribution < 1.29 is 14.3 Å². The highest BCUT2D eigenvalue weighted by Gasteiger charge is 2.46. The number of carbonyl (C=O) groups excluding carboxylic acids is 2. The molecule has 3 nitrogen and oxygen atoms in total. The van der Waals surface area contributed by atoms with Gasteiger partial charge >= 0.3 is 5.97 Å². The monoisotopic (exact) mass is 228 g/mol. The van der Waals surface area contributed by atoms with Crippen LogP contribution in [0.25, 0.3) is 0 Å². The molecule has 0 aromatic rings. The van der Waals surface area contributed by atoms with E-state index in [0.717, 1.165) is 11.8 Å². The van der Waals surface area contributed by atoms with Crippen LogP contribution < -0.4 is 0 Å². The Morgan fingerprint density at radius 1 is 1.60 bits per heavy atom. The van der Waals surface area contributed by atoms with Gasteiger partial charge in [0.25, 0.3) is 0 Å². The summed E-state index contributed by atoms with van der Waals surface area (Å²) in [6, 6.07) is 0. The standard InChI is InChI=1S/C11H16O3S/c1-5-6-7-8(15-10(7)13)9(12)14-11(2,3)4/h5,7-8H,1,6H2,2-4H3/t7-,8+/m0/s1. The summed E-state index contributed by atoms with van der Waals surface area (Å²) in [4.78, 5) is 22.9. The van der Waals surface area contributed by atoms with Crippen molar-refractivity contribution in [2.75, 3.05) is 0 Å². The zero-order valence-electron chi connectivity index (χ0n) is 9.28. The van der Waals surface area contributed by atoms with E-state index < -0.39 is 5.60 Å². The minimum atomic E-state index is -0.491. The van der Waals surface area contributed by atoms with Crippen LogP contribution in [0.2, 0.25) is 0 Å². The molecule has 0 bridgehead atoms. The first-order chi connectivity index (χ1) is 6.85. The summed E-state index contributed by atoms with van der Waals surface area (Å²) in [5.41, 5.74) is -0.491. The second kappa shape index (κ2) is 4.39. The summed E-state index contributed by atoms with van der Waals surface area (Å²) in [7, 11) is 0. The lowest BCUT2D eigenvalue weighted by atomic mass is 10.0. The van der Waals surface area contributed by atoms with Gasteiger partial charge in [-0.05, 0) is 27.2 Å². The average Bonchev–Trinajstić information content (AvgIpc) is 2.07. The number of hydrogen-bond acceptors (Lipinski definition) is 4. The molecule has 15 heavy (non-hydrogen) atoms. The normalized spacial score (nSPS) is 25.7. The third kappa shape index (κ3) is 3.09. The molecule has 1 rings (SSSR count). The number of rotatable bonds is 3. The van der Waals surface area contributed by atoms with Crippen molar-refractivity contribution in [3.05, 3.63) is 12.7 Å². The molecule has 0 radical (unpaired) electrons. The van der Waals surface area contributed by atoms with E-state index in [1.807, 2.05) is 20.8 Å². The summed E-state index contributed by atoms with van der Waals surface area (Å²) in [6.45, 7) is 9.03. The molecule has 0 aromatic heterocycles. The van der Waals surface area contributed by atoms with Crippen LogP contribution >= 0.6 is 11.8 Å². The fourth-order valence-corrected chi connectivity index (χ4v) is 2.29. The van der Waals surface area contributed by atoms with Gasteiger partial charge < -0.3 is 4.74 Å². The molecule has 1 saturated heterocycles. The lowest BCUT2D eigenvalue weighted by Crippen LogP contribution is -2.44. The van der Waals surface area contributed by atoms with Crippen molar-refractivity contribution in [3.63, 3.8) is 0 Å². The van der Waals surface area contributed by atoms with Gasteiger partial charge in [0.15, 0.2) is 5.12 Å². The van der Waals surface area contributed by atoms with E-state index in [1.165, 1.54) is 0 Å². The van der Waals surface area contributed by atoms with Crippen LogP contribution in [-0.2, 0) is 14.3 Å². The second-order valence-corrected chi connectivity index (χ2v) is 5.67. The maximum Gasteiger partial charge on any atom is 0.320 e. The number of allylic oxidation sites excluding steroid dienone is 1. The van der Waals surface area contributed by atoms with Crippen molar-refractivity contribution in [2.45, 2.75) is 38.0 Å². The van der Waals surface area contributed by atoms with Gasteiger partial charge in [0.1, 0.15) is 10.9 Å². The number of esters is 1. The van der Waals surface area contributed by atoms with E-state index in [9.17, 15) is 9.59 Å². The Hall–Kier alpha value is -0.770. The Balaban J connectivity index is 2.54. The molecule has 0 saturated carbocycles. The number of hydrogen-bond donors (Lipinski definition) is 0. The topological polar surface area (TPSA) is 43.4 Å². The van der Waals surface area contributed by atoms with E-state index in [0.29, 0.717) is 6.42 Å². The van der Waals surface area contributed by atoms with E-state index in [1.54, 1.807) is 6.08 Å². The first-order valence-corrected chi connectivity index (χ1v) is 5.77. The van der Waals surface area contributed by atoms with Gasteiger partial charge in [-0.3, -0.25) is 9.59 Å². The van der Waals surface area contributed by atoms with Crippen LogP contribution in [0.4, 0.5) is 0 Å². The van der Waals surface area contributed by atoms with Gasteiger partial charge in [-0.15, -0.1) is 6.58 Å². The summed E-state index contributed by atoms with van der Waals surface area (Å²) < 4.78 is 5.22. The molecule has 0 amide bonds. The zero-order chi connectivity index (χ0) is 11.6. The maximum atomic E-state index is 11.6. The summed E-state index contributed by atoms with van der Waals surface area (Å²) in [5.74, 6) is -0.527. The minimum Gasteiger partial charge on any atom is -0.459 e. The Morgan fingerprint density at radius 3 is 2.60 bits per heavy atom. The molecule has 1 heterocycles. The first-order valence-electron chi connectivity index (χ1n) is 4.89. The number of ether oxygens (including phenoxy) is 1. The second-order valence-electron chi connectivity index (χ2n) is 4.52. The fraction of sp³-hybridized carbons (Fsp3) is 0.636. The summed E-state index contributed by atoms with van der Waals surface area (Å²) in [6.07, 6.45) is 2.22. The molecular formula is C11H16O3S. The molecule has 0 spiro atoms. The molecule has 0 unspecified atom stereocenters. The van der Waals surface area contributed by atoms with E-state index in [2.05, 4.69) is 6.58 Å². The van der Waals surface area contributed by atoms with Crippen molar-refractivity contribution >= 4 is 22.8 Å². The highest BCUT2D eigenvalue weighted by molar-refractivity contribution is 8.16. The van der Waals surface area contributed by atoms with Crippen LogP contribution in [0.15, 0.2) is 12.7 Å². The predicted molar refractivity (Wildman–Crippen MR) is 60.5 cm³/mol. The fourth-order valence-electron chi connectivity index (χ4n) is 1.32. The van der Waals surface area contributed by atoms with Crippen LogP contribution in [-0.4, -0.2) is 21.9 Å². The molecule has 84 valence electrons. The highest BCUT2D eigenvalue weighted by atomic mass is 32.2. The van der Waals surface area contributed by atoms with Crippen molar-refractivity contribution in [3.8, 4) is 0 Å². The van der Waals surface area contributed by atoms with Crippen molar-refractivity contribution in [1.82, 2.24) is 0 Å². The molecule has 0 N–H and O–H groups in total. The highest BCUT2D eigenvalue weighted by Crippen LogP contribution is 2.40. The Labute approximate surface area is 94.3 Å². The third-order valence-corrected chi connectivity index (χ3v) is 3.28.